The minimum absolute atomic E-state index is 0.107. The molecule has 0 saturated carbocycles. The molecule has 0 aliphatic rings. The molecule has 17 nitrogen and oxygen atoms in total. The summed E-state index contributed by atoms with van der Waals surface area (Å²) in [6.07, 6.45) is 66.6. The molecule has 0 aliphatic carbocycles. The Bertz CT molecular complexity index is 1980. The van der Waals surface area contributed by atoms with Gasteiger partial charge in [-0.2, -0.15) is 0 Å². The van der Waals surface area contributed by atoms with Crippen molar-refractivity contribution >= 4 is 39.5 Å². The predicted molar refractivity (Wildman–Crippen MR) is 423 cm³/mol. The molecule has 103 heavy (non-hydrogen) atoms. The van der Waals surface area contributed by atoms with Crippen LogP contribution in [0.2, 0.25) is 0 Å². The number of ether oxygens (including phenoxy) is 4. The smallest absolute Gasteiger partial charge is 0.462 e. The second-order valence-electron chi connectivity index (χ2n) is 30.7. The monoisotopic (exact) mass is 1510 g/mol. The number of carbonyl (C=O) groups excluding carboxylic acids is 4. The van der Waals surface area contributed by atoms with Gasteiger partial charge in [-0.3, -0.25) is 37.3 Å². The standard InChI is InChI=1S/C84H164O17P2/c1-7-11-13-15-17-19-21-23-25-26-27-28-29-30-31-37-41-45-49-57-63-69-83(88)100-79(72-94-81(86)66-60-54-47-43-39-36-33-32-34-38-42-46-52-58-64-76(5)9-3)74-98-102(90,91)96-70-78(85)71-97-103(92,93)99-75-80(73-95-82(87)67-61-55-51-50-53-59-65-77(6)10-4)101-84(89)68-62-56-48-44-40-35-24-22-20-18-16-14-12-8-2/h76-80,85H,7-75H2,1-6H3,(H,90,91)(H,92,93)/t76?,77?,78-,79-,80-/m1/s1. The largest absolute Gasteiger partial charge is 0.472 e. The van der Waals surface area contributed by atoms with Crippen LogP contribution < -0.4 is 0 Å². The molecule has 0 saturated heterocycles. The molecule has 0 bridgehead atoms. The second kappa shape index (κ2) is 75.5. The zero-order chi connectivity index (χ0) is 75.6. The Morgan fingerprint density at radius 1 is 0.272 bits per heavy atom. The van der Waals surface area contributed by atoms with Crippen LogP contribution in [0.4, 0.5) is 0 Å². The maximum atomic E-state index is 13.1. The van der Waals surface area contributed by atoms with Crippen molar-refractivity contribution in [1.82, 2.24) is 0 Å². The van der Waals surface area contributed by atoms with E-state index in [1.54, 1.807) is 0 Å². The lowest BCUT2D eigenvalue weighted by atomic mass is 9.99. The van der Waals surface area contributed by atoms with Crippen LogP contribution in [0.15, 0.2) is 0 Å². The summed E-state index contributed by atoms with van der Waals surface area (Å²) < 4.78 is 68.8. The highest BCUT2D eigenvalue weighted by molar-refractivity contribution is 7.47. The Labute approximate surface area is 632 Å². The van der Waals surface area contributed by atoms with Crippen LogP contribution in [-0.4, -0.2) is 96.7 Å². The Morgan fingerprint density at radius 2 is 0.466 bits per heavy atom. The van der Waals surface area contributed by atoms with Crippen molar-refractivity contribution in [3.63, 3.8) is 0 Å². The van der Waals surface area contributed by atoms with Crippen LogP contribution in [0.25, 0.3) is 0 Å². The molecule has 0 heterocycles. The Morgan fingerprint density at radius 3 is 0.689 bits per heavy atom. The van der Waals surface area contributed by atoms with Crippen molar-refractivity contribution < 1.29 is 80.2 Å². The van der Waals surface area contributed by atoms with E-state index in [1.807, 2.05) is 0 Å². The van der Waals surface area contributed by atoms with Gasteiger partial charge in [-0.25, -0.2) is 9.13 Å². The van der Waals surface area contributed by atoms with Gasteiger partial charge in [-0.1, -0.05) is 395 Å². The molecule has 0 fully saturated rings. The number of aliphatic hydroxyl groups is 1. The first-order valence-electron chi connectivity index (χ1n) is 43.6. The first-order chi connectivity index (χ1) is 49.9. The molecule has 612 valence electrons. The van der Waals surface area contributed by atoms with Gasteiger partial charge < -0.3 is 33.8 Å². The van der Waals surface area contributed by atoms with Gasteiger partial charge in [0.15, 0.2) is 12.2 Å². The molecule has 3 N–H and O–H groups in total. The molecule has 0 aromatic carbocycles. The van der Waals surface area contributed by atoms with E-state index in [4.69, 9.17) is 37.0 Å². The van der Waals surface area contributed by atoms with E-state index in [2.05, 4.69) is 41.5 Å². The fourth-order valence-corrected chi connectivity index (χ4v) is 14.6. The van der Waals surface area contributed by atoms with E-state index in [1.165, 1.54) is 257 Å². The van der Waals surface area contributed by atoms with Gasteiger partial charge in [-0.15, -0.1) is 0 Å². The van der Waals surface area contributed by atoms with Gasteiger partial charge in [0, 0.05) is 25.7 Å². The first-order valence-corrected chi connectivity index (χ1v) is 46.6. The molecule has 0 aromatic heterocycles. The summed E-state index contributed by atoms with van der Waals surface area (Å²) in [6, 6.07) is 0. The lowest BCUT2D eigenvalue weighted by Gasteiger charge is -2.21. The third kappa shape index (κ3) is 75.3. The van der Waals surface area contributed by atoms with Gasteiger partial charge in [-0.05, 0) is 37.5 Å². The number of phosphoric ester groups is 2. The molecule has 0 rings (SSSR count). The minimum Gasteiger partial charge on any atom is -0.462 e. The van der Waals surface area contributed by atoms with E-state index in [0.29, 0.717) is 25.7 Å². The molecule has 0 radical (unpaired) electrons. The topological polar surface area (TPSA) is 237 Å². The number of rotatable bonds is 83. The van der Waals surface area contributed by atoms with E-state index in [-0.39, 0.29) is 25.7 Å². The summed E-state index contributed by atoms with van der Waals surface area (Å²) in [5.74, 6) is -0.525. The fourth-order valence-electron chi connectivity index (χ4n) is 13.0. The molecular weight excluding hydrogens is 1340 g/mol. The lowest BCUT2D eigenvalue weighted by molar-refractivity contribution is -0.161. The minimum atomic E-state index is -4.96. The van der Waals surface area contributed by atoms with E-state index in [0.717, 1.165) is 108 Å². The van der Waals surface area contributed by atoms with Crippen LogP contribution in [-0.2, 0) is 65.4 Å². The van der Waals surface area contributed by atoms with E-state index >= 15 is 0 Å². The number of phosphoric acid groups is 2. The molecule has 19 heteroatoms. The van der Waals surface area contributed by atoms with Crippen molar-refractivity contribution in [3.8, 4) is 0 Å². The van der Waals surface area contributed by atoms with Crippen molar-refractivity contribution in [1.29, 1.82) is 0 Å². The van der Waals surface area contributed by atoms with Gasteiger partial charge in [0.05, 0.1) is 26.4 Å². The van der Waals surface area contributed by atoms with Crippen LogP contribution >= 0.6 is 15.6 Å². The molecule has 4 unspecified atom stereocenters. The SMILES string of the molecule is CCCCCCCCCCCCCCCCCCCCCCCC(=O)O[C@H](COC(=O)CCCCCCCCCCCCCCCCC(C)CC)COP(=O)(O)OC[C@@H](O)COP(=O)(O)OC[C@@H](COC(=O)CCCCCCCCC(C)CC)OC(=O)CCCCCCCCCCCCCCCC. The molecule has 0 spiro atoms. The van der Waals surface area contributed by atoms with Crippen molar-refractivity contribution in [3.05, 3.63) is 0 Å². The maximum Gasteiger partial charge on any atom is 0.472 e. The highest BCUT2D eigenvalue weighted by atomic mass is 31.2. The number of esters is 4. The molecular formula is C84H164O17P2. The van der Waals surface area contributed by atoms with E-state index < -0.39 is 97.5 Å². The molecule has 7 atom stereocenters. The van der Waals surface area contributed by atoms with Crippen LogP contribution in [0.1, 0.15) is 446 Å². The van der Waals surface area contributed by atoms with Gasteiger partial charge in [0.25, 0.3) is 0 Å². The van der Waals surface area contributed by atoms with Gasteiger partial charge in [0.2, 0.25) is 0 Å². The number of carbonyl (C=O) groups is 4. The van der Waals surface area contributed by atoms with Gasteiger partial charge in [0.1, 0.15) is 19.3 Å². The Kier molecular flexibility index (Phi) is 74.1. The number of unbranched alkanes of at least 4 members (excludes halogenated alkanes) is 51. The quantitative estimate of drug-likeness (QED) is 0.0222. The third-order valence-corrected chi connectivity index (χ3v) is 22.3. The summed E-state index contributed by atoms with van der Waals surface area (Å²) in [4.78, 5) is 73.1. The van der Waals surface area contributed by atoms with Crippen LogP contribution in [0.3, 0.4) is 0 Å². The zero-order valence-electron chi connectivity index (χ0n) is 67.6. The van der Waals surface area contributed by atoms with Crippen LogP contribution in [0, 0.1) is 11.8 Å². The third-order valence-electron chi connectivity index (χ3n) is 20.4. The average Bonchev–Trinajstić information content (AvgIpc) is 0.915. The zero-order valence-corrected chi connectivity index (χ0v) is 69.4. The summed E-state index contributed by atoms with van der Waals surface area (Å²) in [5, 5.41) is 10.7. The highest BCUT2D eigenvalue weighted by Gasteiger charge is 2.30. The Balaban J connectivity index is 5.23. The fraction of sp³-hybridized carbons (Fsp3) is 0.952. The first kappa shape index (κ1) is 101. The van der Waals surface area contributed by atoms with Crippen molar-refractivity contribution in [2.75, 3.05) is 39.6 Å². The lowest BCUT2D eigenvalue weighted by Crippen LogP contribution is -2.30. The summed E-state index contributed by atoms with van der Waals surface area (Å²) in [6.45, 7) is 9.67. The summed E-state index contributed by atoms with van der Waals surface area (Å²) in [5.41, 5.74) is 0. The molecule has 0 amide bonds. The number of hydrogen-bond acceptors (Lipinski definition) is 15. The van der Waals surface area contributed by atoms with Crippen LogP contribution in [0.5, 0.6) is 0 Å². The second-order valence-corrected chi connectivity index (χ2v) is 33.6. The average molecular weight is 1510 g/mol. The van der Waals surface area contributed by atoms with E-state index in [9.17, 15) is 43.2 Å². The maximum absolute atomic E-state index is 13.1. The van der Waals surface area contributed by atoms with Crippen molar-refractivity contribution in [2.45, 2.75) is 464 Å². The molecule has 0 aliphatic heterocycles. The number of aliphatic hydroxyl groups excluding tert-OH is 1. The van der Waals surface area contributed by atoms with Crippen molar-refractivity contribution in [2.24, 2.45) is 11.8 Å². The Hall–Kier alpha value is -1.94. The summed E-state index contributed by atoms with van der Waals surface area (Å²) >= 11 is 0. The molecule has 0 aromatic rings. The normalized spacial score (nSPS) is 14.4. The highest BCUT2D eigenvalue weighted by Crippen LogP contribution is 2.45. The van der Waals surface area contributed by atoms with Gasteiger partial charge >= 0.3 is 39.5 Å². The summed E-state index contributed by atoms with van der Waals surface area (Å²) in [7, 11) is -9.92. The predicted octanol–water partition coefficient (Wildman–Crippen LogP) is 25.5. The number of hydrogen-bond donors (Lipinski definition) is 3.